The molecule has 0 atom stereocenters. The van der Waals surface area contributed by atoms with Gasteiger partial charge in [-0.05, 0) is 51.9 Å². The van der Waals surface area contributed by atoms with E-state index in [2.05, 4.69) is 95.6 Å². The van der Waals surface area contributed by atoms with E-state index in [1.807, 2.05) is 6.07 Å². The van der Waals surface area contributed by atoms with Crippen LogP contribution in [0.5, 0.6) is 0 Å². The third kappa shape index (κ3) is 2.20. The molecule has 5 aromatic carbocycles. The summed E-state index contributed by atoms with van der Waals surface area (Å²) in [4.78, 5) is 0. The topological polar surface area (TPSA) is 4.93 Å². The van der Waals surface area contributed by atoms with Gasteiger partial charge >= 0.3 is 0 Å². The molecule has 1 heterocycles. The Morgan fingerprint density at radius 2 is 1.29 bits per heavy atom. The van der Waals surface area contributed by atoms with E-state index in [0.717, 1.165) is 16.2 Å². The molecule has 0 unspecified atom stereocenters. The van der Waals surface area contributed by atoms with Crippen molar-refractivity contribution >= 4 is 55.0 Å². The molecule has 132 valence electrons. The Morgan fingerprint density at radius 3 is 2.18 bits per heavy atom. The number of hydrogen-bond donors (Lipinski definition) is 0. The first kappa shape index (κ1) is 15.7. The van der Waals surface area contributed by atoms with Crippen LogP contribution in [0, 0.1) is 0 Å². The van der Waals surface area contributed by atoms with Crippen molar-refractivity contribution in [2.45, 2.75) is 0 Å². The molecular weight excluding hydrogens is 362 g/mol. The largest absolute Gasteiger partial charge is 0.309 e. The van der Waals surface area contributed by atoms with Crippen molar-refractivity contribution in [3.8, 4) is 5.69 Å². The number of nitrogens with zero attached hydrogens (tertiary/aromatic N) is 1. The minimum absolute atomic E-state index is 0.752. The number of benzene rings is 5. The van der Waals surface area contributed by atoms with Crippen molar-refractivity contribution in [3.63, 3.8) is 0 Å². The highest BCUT2D eigenvalue weighted by Gasteiger charge is 2.15. The van der Waals surface area contributed by atoms with Gasteiger partial charge in [-0.2, -0.15) is 0 Å². The number of halogens is 1. The average molecular weight is 378 g/mol. The highest BCUT2D eigenvalue weighted by atomic mass is 35.5. The van der Waals surface area contributed by atoms with Gasteiger partial charge in [0.1, 0.15) is 0 Å². The molecule has 0 radical (unpaired) electrons. The summed E-state index contributed by atoms with van der Waals surface area (Å²) in [5.41, 5.74) is 3.48. The molecule has 0 bridgehead atoms. The van der Waals surface area contributed by atoms with Crippen molar-refractivity contribution in [3.05, 3.63) is 102 Å². The zero-order chi connectivity index (χ0) is 18.7. The molecule has 1 nitrogen and oxygen atoms in total. The first-order valence-electron chi connectivity index (χ1n) is 9.40. The summed E-state index contributed by atoms with van der Waals surface area (Å²) in [6, 6.07) is 34.3. The Kier molecular flexibility index (Phi) is 3.29. The normalized spacial score (nSPS) is 11.8. The molecule has 2 heteroatoms. The minimum Gasteiger partial charge on any atom is -0.309 e. The van der Waals surface area contributed by atoms with Crippen LogP contribution in [0.2, 0.25) is 5.02 Å². The van der Waals surface area contributed by atoms with E-state index in [0.29, 0.717) is 0 Å². The standard InChI is InChI=1S/C26H16ClN/c27-20-11-13-23-25(16-20)28(21-12-9-17-5-1-2-7-19(17)15-21)24-14-10-18-6-3-4-8-22(18)26(23)24/h1-16H. The molecule has 0 saturated heterocycles. The molecule has 0 N–H and O–H groups in total. The number of rotatable bonds is 1. The van der Waals surface area contributed by atoms with E-state index >= 15 is 0 Å². The van der Waals surface area contributed by atoms with Crippen LogP contribution in [0.4, 0.5) is 0 Å². The van der Waals surface area contributed by atoms with Gasteiger partial charge in [0.15, 0.2) is 0 Å². The zero-order valence-electron chi connectivity index (χ0n) is 15.1. The Morgan fingerprint density at radius 1 is 0.536 bits per heavy atom. The summed E-state index contributed by atoms with van der Waals surface area (Å²) in [5, 5.41) is 8.26. The summed E-state index contributed by atoms with van der Waals surface area (Å²) in [7, 11) is 0. The second kappa shape index (κ2) is 5.85. The van der Waals surface area contributed by atoms with E-state index in [9.17, 15) is 0 Å². The molecule has 6 aromatic rings. The quantitative estimate of drug-likeness (QED) is 0.276. The number of hydrogen-bond acceptors (Lipinski definition) is 0. The van der Waals surface area contributed by atoms with Crippen molar-refractivity contribution in [1.29, 1.82) is 0 Å². The second-order valence-electron chi connectivity index (χ2n) is 7.21. The fraction of sp³-hybridized carbons (Fsp3) is 0. The molecular formula is C26H16ClN. The Balaban J connectivity index is 1.82. The van der Waals surface area contributed by atoms with Gasteiger partial charge in [0.25, 0.3) is 0 Å². The molecule has 6 rings (SSSR count). The molecule has 0 aliphatic rings. The first-order valence-corrected chi connectivity index (χ1v) is 9.78. The van der Waals surface area contributed by atoms with E-state index in [1.54, 1.807) is 0 Å². The Hall–Kier alpha value is -3.29. The van der Waals surface area contributed by atoms with Gasteiger partial charge in [0.05, 0.1) is 11.0 Å². The van der Waals surface area contributed by atoms with Crippen LogP contribution in [-0.2, 0) is 0 Å². The molecule has 0 saturated carbocycles. The van der Waals surface area contributed by atoms with Gasteiger partial charge < -0.3 is 4.57 Å². The Bertz CT molecular complexity index is 1520. The highest BCUT2D eigenvalue weighted by Crippen LogP contribution is 2.38. The van der Waals surface area contributed by atoms with Crippen LogP contribution in [0.3, 0.4) is 0 Å². The fourth-order valence-electron chi connectivity index (χ4n) is 4.35. The van der Waals surface area contributed by atoms with Crippen LogP contribution < -0.4 is 0 Å². The third-order valence-corrected chi connectivity index (χ3v) is 5.84. The van der Waals surface area contributed by atoms with Gasteiger partial charge in [0.2, 0.25) is 0 Å². The lowest BCUT2D eigenvalue weighted by Gasteiger charge is -2.10. The van der Waals surface area contributed by atoms with Crippen molar-refractivity contribution in [2.24, 2.45) is 0 Å². The first-order chi connectivity index (χ1) is 13.8. The van der Waals surface area contributed by atoms with Crippen LogP contribution in [0.15, 0.2) is 97.1 Å². The summed E-state index contributed by atoms with van der Waals surface area (Å²) < 4.78 is 2.33. The monoisotopic (exact) mass is 377 g/mol. The van der Waals surface area contributed by atoms with Gasteiger partial charge in [-0.3, -0.25) is 0 Å². The van der Waals surface area contributed by atoms with Gasteiger partial charge in [-0.1, -0.05) is 78.3 Å². The molecule has 28 heavy (non-hydrogen) atoms. The minimum atomic E-state index is 0.752. The van der Waals surface area contributed by atoms with E-state index < -0.39 is 0 Å². The predicted octanol–water partition coefficient (Wildman–Crippen LogP) is 7.74. The van der Waals surface area contributed by atoms with Gasteiger partial charge in [-0.15, -0.1) is 0 Å². The Labute approximate surface area is 167 Å². The van der Waals surface area contributed by atoms with Crippen molar-refractivity contribution in [2.75, 3.05) is 0 Å². The average Bonchev–Trinajstić information content (AvgIpc) is 3.07. The van der Waals surface area contributed by atoms with Crippen LogP contribution in [-0.4, -0.2) is 4.57 Å². The van der Waals surface area contributed by atoms with Crippen LogP contribution in [0.1, 0.15) is 0 Å². The van der Waals surface area contributed by atoms with Crippen molar-refractivity contribution < 1.29 is 0 Å². The molecule has 0 amide bonds. The lowest BCUT2D eigenvalue weighted by atomic mass is 10.0. The predicted molar refractivity (Wildman–Crippen MR) is 121 cm³/mol. The number of aromatic nitrogens is 1. The van der Waals surface area contributed by atoms with Gasteiger partial charge in [-0.25, -0.2) is 0 Å². The lowest BCUT2D eigenvalue weighted by Crippen LogP contribution is -1.93. The fourth-order valence-corrected chi connectivity index (χ4v) is 4.52. The van der Waals surface area contributed by atoms with Crippen LogP contribution >= 0.6 is 11.6 Å². The number of fused-ring (bicyclic) bond motifs is 6. The molecule has 0 spiro atoms. The highest BCUT2D eigenvalue weighted by molar-refractivity contribution is 6.32. The zero-order valence-corrected chi connectivity index (χ0v) is 15.8. The summed E-state index contributed by atoms with van der Waals surface area (Å²) in [6.45, 7) is 0. The molecule has 1 aromatic heterocycles. The summed E-state index contributed by atoms with van der Waals surface area (Å²) in [5.74, 6) is 0. The second-order valence-corrected chi connectivity index (χ2v) is 7.65. The summed E-state index contributed by atoms with van der Waals surface area (Å²) in [6.07, 6.45) is 0. The van der Waals surface area contributed by atoms with Crippen LogP contribution in [0.25, 0.3) is 49.0 Å². The van der Waals surface area contributed by atoms with E-state index in [4.69, 9.17) is 11.6 Å². The summed E-state index contributed by atoms with van der Waals surface area (Å²) >= 11 is 6.41. The molecule has 0 aliphatic heterocycles. The van der Waals surface area contributed by atoms with E-state index in [1.165, 1.54) is 37.8 Å². The SMILES string of the molecule is Clc1ccc2c3c4ccccc4ccc3n(-c3ccc4ccccc4c3)c2c1. The molecule has 0 aliphatic carbocycles. The maximum atomic E-state index is 6.41. The smallest absolute Gasteiger partial charge is 0.0556 e. The lowest BCUT2D eigenvalue weighted by molar-refractivity contribution is 1.19. The third-order valence-electron chi connectivity index (χ3n) is 5.61. The molecule has 0 fully saturated rings. The maximum Gasteiger partial charge on any atom is 0.0556 e. The van der Waals surface area contributed by atoms with Crippen molar-refractivity contribution in [1.82, 2.24) is 4.57 Å². The maximum absolute atomic E-state index is 6.41. The van der Waals surface area contributed by atoms with Gasteiger partial charge in [0, 0.05) is 21.5 Å². The van der Waals surface area contributed by atoms with E-state index in [-0.39, 0.29) is 0 Å².